The molecule has 0 saturated carbocycles. The van der Waals surface area contributed by atoms with Crippen molar-refractivity contribution >= 4 is 11.6 Å². The molecule has 1 amide bonds. The van der Waals surface area contributed by atoms with Gasteiger partial charge < -0.3 is 24.3 Å². The summed E-state index contributed by atoms with van der Waals surface area (Å²) in [6, 6.07) is 4.73. The van der Waals surface area contributed by atoms with E-state index in [1.807, 2.05) is 30.2 Å². The maximum Gasteiger partial charge on any atom is 0.274 e. The maximum atomic E-state index is 13.1. The van der Waals surface area contributed by atoms with Crippen molar-refractivity contribution in [1.82, 2.24) is 24.5 Å². The van der Waals surface area contributed by atoms with Crippen LogP contribution < -0.4 is 5.32 Å². The summed E-state index contributed by atoms with van der Waals surface area (Å²) < 4.78 is 7.46. The van der Waals surface area contributed by atoms with Crippen LogP contribution in [0.1, 0.15) is 41.0 Å². The van der Waals surface area contributed by atoms with E-state index in [1.54, 1.807) is 0 Å². The number of hydrogen-bond acceptors (Lipinski definition) is 5. The number of hydrogen-bond donors (Lipinski definition) is 1. The number of aryl methyl sites for hydroxylation is 1. The normalized spacial score (nSPS) is 20.9. The van der Waals surface area contributed by atoms with Gasteiger partial charge in [0.1, 0.15) is 5.65 Å². The van der Waals surface area contributed by atoms with E-state index in [0.29, 0.717) is 44.6 Å². The molecule has 2 aliphatic heterocycles. The summed E-state index contributed by atoms with van der Waals surface area (Å²) in [4.78, 5) is 22.2. The first-order valence-corrected chi connectivity index (χ1v) is 10.4. The molecule has 0 bridgehead atoms. The number of imidazole rings is 1. The van der Waals surface area contributed by atoms with Crippen molar-refractivity contribution in [2.75, 3.05) is 46.4 Å². The number of rotatable bonds is 6. The molecule has 28 heavy (non-hydrogen) atoms. The number of nitrogens with one attached hydrogen (secondary N) is 1. The first kappa shape index (κ1) is 19.4. The molecule has 0 spiro atoms. The second-order valence-electron chi connectivity index (χ2n) is 7.94. The predicted molar refractivity (Wildman–Crippen MR) is 109 cm³/mol. The fourth-order valence-electron chi connectivity index (χ4n) is 4.33. The number of fused-ring (bicyclic) bond motifs is 1. The Morgan fingerprint density at radius 2 is 2.14 bits per heavy atom. The molecule has 1 atom stereocenters. The van der Waals surface area contributed by atoms with Gasteiger partial charge in [-0.1, -0.05) is 6.07 Å². The lowest BCUT2D eigenvalue weighted by atomic mass is 10.1. The topological polar surface area (TPSA) is 62.1 Å². The van der Waals surface area contributed by atoms with Gasteiger partial charge in [-0.2, -0.15) is 0 Å². The molecular weight excluding hydrogens is 354 g/mol. The smallest absolute Gasteiger partial charge is 0.274 e. The Bertz CT molecular complexity index is 828. The number of likely N-dealkylation sites (tertiary alicyclic amines) is 1. The molecule has 1 N–H and O–H groups in total. The molecule has 0 aliphatic carbocycles. The highest BCUT2D eigenvalue weighted by Gasteiger charge is 2.26. The lowest BCUT2D eigenvalue weighted by molar-refractivity contribution is 0.0298. The number of morpholine rings is 1. The minimum atomic E-state index is 0.0127. The molecule has 0 radical (unpaired) electrons. The molecule has 0 aromatic carbocycles. The fraction of sp³-hybridized carbons (Fsp3) is 0.619. The molecular formula is C21H31N5O2. The Kier molecular flexibility index (Phi) is 5.94. The molecule has 2 fully saturated rings. The number of nitrogens with zero attached hydrogens (tertiary/aromatic N) is 4. The van der Waals surface area contributed by atoms with Crippen LogP contribution in [0.25, 0.3) is 5.65 Å². The third-order valence-electron chi connectivity index (χ3n) is 6.06. The lowest BCUT2D eigenvalue weighted by Crippen LogP contribution is -2.41. The van der Waals surface area contributed by atoms with E-state index in [4.69, 9.17) is 9.72 Å². The van der Waals surface area contributed by atoms with Crippen LogP contribution in [0.4, 0.5) is 0 Å². The zero-order chi connectivity index (χ0) is 19.5. The number of ether oxygens (including phenoxy) is 1. The van der Waals surface area contributed by atoms with Crippen molar-refractivity contribution < 1.29 is 9.53 Å². The van der Waals surface area contributed by atoms with Crippen molar-refractivity contribution in [3.63, 3.8) is 0 Å². The van der Waals surface area contributed by atoms with Gasteiger partial charge >= 0.3 is 0 Å². The predicted octanol–water partition coefficient (Wildman–Crippen LogP) is 1.69. The second kappa shape index (κ2) is 8.59. The van der Waals surface area contributed by atoms with Gasteiger partial charge in [0.25, 0.3) is 5.91 Å². The van der Waals surface area contributed by atoms with Gasteiger partial charge in [-0.3, -0.25) is 4.79 Å². The monoisotopic (exact) mass is 385 g/mol. The highest BCUT2D eigenvalue weighted by Crippen LogP contribution is 2.19. The third kappa shape index (κ3) is 3.92. The van der Waals surface area contributed by atoms with Crippen LogP contribution in [0.15, 0.2) is 18.3 Å². The van der Waals surface area contributed by atoms with Crippen LogP contribution in [-0.4, -0.2) is 77.6 Å². The van der Waals surface area contributed by atoms with E-state index in [-0.39, 0.29) is 5.91 Å². The summed E-state index contributed by atoms with van der Waals surface area (Å²) in [6.45, 7) is 7.29. The summed E-state index contributed by atoms with van der Waals surface area (Å²) in [5, 5.41) is 3.56. The van der Waals surface area contributed by atoms with Crippen LogP contribution >= 0.6 is 0 Å². The zero-order valence-corrected chi connectivity index (χ0v) is 17.0. The van der Waals surface area contributed by atoms with Gasteiger partial charge in [0.2, 0.25) is 0 Å². The molecule has 0 unspecified atom stereocenters. The minimum absolute atomic E-state index is 0.0127. The molecule has 4 heterocycles. The van der Waals surface area contributed by atoms with Crippen LogP contribution in [0.2, 0.25) is 0 Å². The third-order valence-corrected chi connectivity index (χ3v) is 6.06. The van der Waals surface area contributed by atoms with Crippen molar-refractivity contribution in [3.8, 4) is 0 Å². The molecule has 4 rings (SSSR count). The van der Waals surface area contributed by atoms with E-state index in [0.717, 1.165) is 29.9 Å². The van der Waals surface area contributed by atoms with Gasteiger partial charge in [-0.25, -0.2) is 4.98 Å². The molecule has 152 valence electrons. The van der Waals surface area contributed by atoms with Crippen LogP contribution in [0, 0.1) is 6.92 Å². The Hall–Kier alpha value is -1.96. The van der Waals surface area contributed by atoms with Crippen molar-refractivity contribution in [3.05, 3.63) is 35.3 Å². The van der Waals surface area contributed by atoms with Gasteiger partial charge in [0.15, 0.2) is 5.69 Å². The van der Waals surface area contributed by atoms with Crippen molar-refractivity contribution in [2.24, 2.45) is 0 Å². The number of pyridine rings is 1. The number of carbonyl (C=O) groups is 1. The molecule has 2 aliphatic rings. The minimum Gasteiger partial charge on any atom is -0.378 e. The Labute approximate surface area is 166 Å². The standard InChI is InChI=1S/C21H31N5O2/c1-16-5-3-10-26-18(15-22-8-7-17-6-4-9-24(17)2)19(23-20(16)26)21(27)25-11-13-28-14-12-25/h3,5,10,17,22H,4,6-9,11-15H2,1-2H3/t17-/m0/s1. The average Bonchev–Trinajstić information content (AvgIpc) is 3.30. The summed E-state index contributed by atoms with van der Waals surface area (Å²) in [7, 11) is 2.21. The van der Waals surface area contributed by atoms with Gasteiger partial charge in [-0.15, -0.1) is 0 Å². The van der Waals surface area contributed by atoms with Crippen LogP contribution in [0.5, 0.6) is 0 Å². The largest absolute Gasteiger partial charge is 0.378 e. The summed E-state index contributed by atoms with van der Waals surface area (Å²) >= 11 is 0. The molecule has 2 aromatic heterocycles. The van der Waals surface area contributed by atoms with Gasteiger partial charge in [0.05, 0.1) is 18.9 Å². The molecule has 7 heteroatoms. The number of carbonyl (C=O) groups excluding carboxylic acids is 1. The highest BCUT2D eigenvalue weighted by atomic mass is 16.5. The Morgan fingerprint density at radius 3 is 2.89 bits per heavy atom. The SMILES string of the molecule is Cc1cccn2c(CNCC[C@@H]3CCCN3C)c(C(=O)N3CCOCC3)nc12. The molecule has 2 saturated heterocycles. The van der Waals surface area contributed by atoms with E-state index >= 15 is 0 Å². The fourth-order valence-corrected chi connectivity index (χ4v) is 4.33. The zero-order valence-electron chi connectivity index (χ0n) is 17.0. The lowest BCUT2D eigenvalue weighted by Gasteiger charge is -2.26. The quantitative estimate of drug-likeness (QED) is 0.767. The van der Waals surface area contributed by atoms with E-state index in [9.17, 15) is 4.79 Å². The summed E-state index contributed by atoms with van der Waals surface area (Å²) in [5.41, 5.74) is 3.47. The average molecular weight is 386 g/mol. The second-order valence-corrected chi connectivity index (χ2v) is 7.94. The van der Waals surface area contributed by atoms with Crippen LogP contribution in [0.3, 0.4) is 0 Å². The Morgan fingerprint density at radius 1 is 1.32 bits per heavy atom. The van der Waals surface area contributed by atoms with Crippen molar-refractivity contribution in [2.45, 2.75) is 38.8 Å². The first-order chi connectivity index (χ1) is 13.6. The number of amides is 1. The van der Waals surface area contributed by atoms with Crippen LogP contribution in [-0.2, 0) is 11.3 Å². The van der Waals surface area contributed by atoms with E-state index in [2.05, 4.69) is 21.7 Å². The van der Waals surface area contributed by atoms with Gasteiger partial charge in [-0.05, 0) is 58.0 Å². The Balaban J connectivity index is 1.51. The summed E-state index contributed by atoms with van der Waals surface area (Å²) in [5.74, 6) is 0.0127. The maximum absolute atomic E-state index is 13.1. The van der Waals surface area contributed by atoms with Gasteiger partial charge in [0, 0.05) is 31.9 Å². The van der Waals surface area contributed by atoms with E-state index in [1.165, 1.54) is 19.4 Å². The highest BCUT2D eigenvalue weighted by molar-refractivity contribution is 5.94. The van der Waals surface area contributed by atoms with E-state index < -0.39 is 0 Å². The first-order valence-electron chi connectivity index (χ1n) is 10.4. The molecule has 7 nitrogen and oxygen atoms in total. The summed E-state index contributed by atoms with van der Waals surface area (Å²) in [6.07, 6.45) is 5.73. The molecule has 2 aromatic rings. The van der Waals surface area contributed by atoms with Crippen molar-refractivity contribution in [1.29, 1.82) is 0 Å². The number of aromatic nitrogens is 2.